The second-order valence-corrected chi connectivity index (χ2v) is 11.2. The van der Waals surface area contributed by atoms with E-state index in [1.165, 1.54) is 25.3 Å². The van der Waals surface area contributed by atoms with Crippen LogP contribution < -0.4 is 15.0 Å². The molecule has 0 bridgehead atoms. The molecule has 1 aliphatic rings. The molecule has 0 atom stereocenters. The molecule has 1 N–H and O–H groups in total. The predicted octanol–water partition coefficient (Wildman–Crippen LogP) is 6.62. The lowest BCUT2D eigenvalue weighted by molar-refractivity contribution is 0.0497. The van der Waals surface area contributed by atoms with Crippen molar-refractivity contribution in [3.05, 3.63) is 71.8 Å². The first-order chi connectivity index (χ1) is 20.0. The summed E-state index contributed by atoms with van der Waals surface area (Å²) in [7, 11) is 1.41. The smallest absolute Gasteiger partial charge is 0.407 e. The molecule has 0 aliphatic carbocycles. The third kappa shape index (κ3) is 6.25. The summed E-state index contributed by atoms with van der Waals surface area (Å²) in [5, 5.41) is 12.8. The highest BCUT2D eigenvalue weighted by molar-refractivity contribution is 5.96. The van der Waals surface area contributed by atoms with Crippen molar-refractivity contribution < 1.29 is 23.0 Å². The van der Waals surface area contributed by atoms with Gasteiger partial charge < -0.3 is 19.7 Å². The molecule has 3 aromatic carbocycles. The van der Waals surface area contributed by atoms with Gasteiger partial charge in [0.15, 0.2) is 11.6 Å². The molecule has 0 unspecified atom stereocenters. The van der Waals surface area contributed by atoms with Gasteiger partial charge in [0.2, 0.25) is 5.95 Å². The van der Waals surface area contributed by atoms with Gasteiger partial charge in [0, 0.05) is 30.1 Å². The second-order valence-electron chi connectivity index (χ2n) is 11.2. The summed E-state index contributed by atoms with van der Waals surface area (Å²) in [6, 6.07) is 16.4. The maximum absolute atomic E-state index is 14.7. The minimum atomic E-state index is -0.647. The number of amides is 1. The Hall–Kier alpha value is -4.78. The summed E-state index contributed by atoms with van der Waals surface area (Å²) in [5.41, 5.74) is 2.33. The third-order valence-corrected chi connectivity index (χ3v) is 7.03. The van der Waals surface area contributed by atoms with E-state index >= 15 is 0 Å². The van der Waals surface area contributed by atoms with Crippen LogP contribution in [0, 0.1) is 23.0 Å². The molecule has 0 radical (unpaired) electrons. The molecule has 5 rings (SSSR count). The quantitative estimate of drug-likeness (QED) is 0.287. The van der Waals surface area contributed by atoms with Gasteiger partial charge in [-0.15, -0.1) is 0 Å². The van der Waals surface area contributed by atoms with Crippen molar-refractivity contribution in [2.45, 2.75) is 45.3 Å². The molecule has 0 saturated carbocycles. The standard InChI is InChI=1S/C32H31F2N5O3/c1-32(2,3)42-31(40)36-23-11-13-39(14-12-23)30-37-27-9-7-19(20-8-10-28(41-4)26(34)16-20)15-24(27)29(38-30)21-5-6-22(18-35)25(33)17-21/h5-10,15-17,23H,11-14H2,1-4H3,(H,36,40). The highest BCUT2D eigenvalue weighted by atomic mass is 19.1. The molecule has 1 aliphatic heterocycles. The average Bonchev–Trinajstić information content (AvgIpc) is 2.95. The zero-order chi connectivity index (χ0) is 30.0. The largest absolute Gasteiger partial charge is 0.494 e. The number of methoxy groups -OCH3 is 1. The summed E-state index contributed by atoms with van der Waals surface area (Å²) in [6.45, 7) is 6.65. The van der Waals surface area contributed by atoms with E-state index in [2.05, 4.69) is 5.32 Å². The number of rotatable bonds is 5. The number of aromatic nitrogens is 2. The highest BCUT2D eigenvalue weighted by Crippen LogP contribution is 2.34. The molecule has 10 heteroatoms. The highest BCUT2D eigenvalue weighted by Gasteiger charge is 2.26. The summed E-state index contributed by atoms with van der Waals surface area (Å²) >= 11 is 0. The van der Waals surface area contributed by atoms with Gasteiger partial charge in [0.25, 0.3) is 0 Å². The van der Waals surface area contributed by atoms with Crippen molar-refractivity contribution in [3.8, 4) is 34.2 Å². The van der Waals surface area contributed by atoms with Gasteiger partial charge in [-0.1, -0.05) is 18.2 Å². The number of nitriles is 1. The van der Waals surface area contributed by atoms with Gasteiger partial charge in [-0.05, 0) is 81.1 Å². The lowest BCUT2D eigenvalue weighted by Gasteiger charge is -2.33. The molecule has 4 aromatic rings. The number of halogens is 2. The van der Waals surface area contributed by atoms with Crippen LogP contribution in [0.5, 0.6) is 5.75 Å². The van der Waals surface area contributed by atoms with E-state index in [9.17, 15) is 18.8 Å². The number of hydrogen-bond donors (Lipinski definition) is 1. The summed E-state index contributed by atoms with van der Waals surface area (Å²) in [6.07, 6.45) is 0.896. The van der Waals surface area contributed by atoms with Gasteiger partial charge in [-0.2, -0.15) is 5.26 Å². The van der Waals surface area contributed by atoms with Crippen molar-refractivity contribution in [2.75, 3.05) is 25.1 Å². The minimum absolute atomic E-state index is 0.0453. The van der Waals surface area contributed by atoms with E-state index in [1.807, 2.05) is 49.9 Å². The number of nitrogens with zero attached hydrogens (tertiary/aromatic N) is 4. The first kappa shape index (κ1) is 28.7. The fourth-order valence-electron chi connectivity index (χ4n) is 4.95. The number of alkyl carbamates (subject to hydrolysis) is 1. The zero-order valence-electron chi connectivity index (χ0n) is 23.9. The van der Waals surface area contributed by atoms with Crippen LogP contribution in [0.4, 0.5) is 19.5 Å². The van der Waals surface area contributed by atoms with Crippen molar-refractivity contribution >= 4 is 22.9 Å². The van der Waals surface area contributed by atoms with Crippen LogP contribution in [0.1, 0.15) is 39.2 Å². The molecule has 1 saturated heterocycles. The summed E-state index contributed by atoms with van der Waals surface area (Å²) in [5.74, 6) is -0.515. The van der Waals surface area contributed by atoms with E-state index in [0.717, 1.165) is 5.56 Å². The SMILES string of the molecule is COc1ccc(-c2ccc3nc(N4CCC(NC(=O)OC(C)(C)C)CC4)nc(-c4ccc(C#N)c(F)c4)c3c2)cc1F. The van der Waals surface area contributed by atoms with Gasteiger partial charge in [0.05, 0.1) is 23.9 Å². The van der Waals surface area contributed by atoms with Crippen molar-refractivity contribution in [1.29, 1.82) is 5.26 Å². The molecular formula is C32H31F2N5O3. The Morgan fingerprint density at radius 3 is 2.29 bits per heavy atom. The number of carbonyl (C=O) groups excluding carboxylic acids is 1. The molecule has 8 nitrogen and oxygen atoms in total. The topological polar surface area (TPSA) is 100 Å². The van der Waals surface area contributed by atoms with E-state index < -0.39 is 23.3 Å². The van der Waals surface area contributed by atoms with E-state index in [-0.39, 0.29) is 17.4 Å². The monoisotopic (exact) mass is 571 g/mol. The molecule has 216 valence electrons. The Labute approximate surface area is 242 Å². The molecule has 1 fully saturated rings. The first-order valence-electron chi connectivity index (χ1n) is 13.6. The number of carbonyl (C=O) groups is 1. The molecule has 1 aromatic heterocycles. The van der Waals surface area contributed by atoms with Crippen LogP contribution in [0.2, 0.25) is 0 Å². The number of benzene rings is 3. The molecule has 2 heterocycles. The van der Waals surface area contributed by atoms with Crippen molar-refractivity contribution in [1.82, 2.24) is 15.3 Å². The van der Waals surface area contributed by atoms with Gasteiger partial charge in [-0.25, -0.2) is 23.5 Å². The van der Waals surface area contributed by atoms with Crippen molar-refractivity contribution in [3.63, 3.8) is 0 Å². The fourth-order valence-corrected chi connectivity index (χ4v) is 4.95. The Bertz CT molecular complexity index is 1690. The Morgan fingerprint density at radius 1 is 0.976 bits per heavy atom. The Morgan fingerprint density at radius 2 is 1.64 bits per heavy atom. The van der Waals surface area contributed by atoms with Crippen LogP contribution >= 0.6 is 0 Å². The fraction of sp³-hybridized carbons (Fsp3) is 0.312. The average molecular weight is 572 g/mol. The van der Waals surface area contributed by atoms with Crippen LogP contribution in [-0.4, -0.2) is 47.9 Å². The third-order valence-electron chi connectivity index (χ3n) is 7.03. The summed E-state index contributed by atoms with van der Waals surface area (Å²) < 4.78 is 39.6. The van der Waals surface area contributed by atoms with Crippen LogP contribution in [-0.2, 0) is 4.74 Å². The molecule has 0 spiro atoms. The number of anilines is 1. The minimum Gasteiger partial charge on any atom is -0.494 e. The van der Waals surface area contributed by atoms with Crippen LogP contribution in [0.3, 0.4) is 0 Å². The van der Waals surface area contributed by atoms with Crippen LogP contribution in [0.15, 0.2) is 54.6 Å². The summed E-state index contributed by atoms with van der Waals surface area (Å²) in [4.78, 5) is 23.9. The number of piperidine rings is 1. The van der Waals surface area contributed by atoms with E-state index in [0.29, 0.717) is 59.6 Å². The lowest BCUT2D eigenvalue weighted by atomic mass is 9.99. The Kier molecular flexibility index (Phi) is 7.94. The first-order valence-corrected chi connectivity index (χ1v) is 13.6. The maximum Gasteiger partial charge on any atom is 0.407 e. The zero-order valence-corrected chi connectivity index (χ0v) is 23.9. The normalized spacial score (nSPS) is 14.0. The van der Waals surface area contributed by atoms with Gasteiger partial charge in [-0.3, -0.25) is 0 Å². The van der Waals surface area contributed by atoms with E-state index in [1.54, 1.807) is 18.2 Å². The van der Waals surface area contributed by atoms with Crippen LogP contribution in [0.25, 0.3) is 33.3 Å². The number of ether oxygens (including phenoxy) is 2. The predicted molar refractivity (Wildman–Crippen MR) is 156 cm³/mol. The molecular weight excluding hydrogens is 540 g/mol. The lowest BCUT2D eigenvalue weighted by Crippen LogP contribution is -2.46. The number of hydrogen-bond acceptors (Lipinski definition) is 7. The second kappa shape index (κ2) is 11.6. The Balaban J connectivity index is 1.50. The molecule has 42 heavy (non-hydrogen) atoms. The van der Waals surface area contributed by atoms with E-state index in [4.69, 9.17) is 19.4 Å². The number of nitrogens with one attached hydrogen (secondary N) is 1. The van der Waals surface area contributed by atoms with Gasteiger partial charge >= 0.3 is 6.09 Å². The maximum atomic E-state index is 14.7. The van der Waals surface area contributed by atoms with Crippen molar-refractivity contribution in [2.24, 2.45) is 0 Å². The van der Waals surface area contributed by atoms with Gasteiger partial charge in [0.1, 0.15) is 17.5 Å². The molecule has 1 amide bonds. The number of fused-ring (bicyclic) bond motifs is 1.